The molecule has 1 aromatic rings. The Balaban J connectivity index is 3.53. The van der Waals surface area contributed by atoms with Gasteiger partial charge < -0.3 is 11.5 Å². The van der Waals surface area contributed by atoms with Crippen molar-refractivity contribution < 1.29 is 4.79 Å². The number of anilines is 1. The van der Waals surface area contributed by atoms with Crippen LogP contribution in [0.5, 0.6) is 0 Å². The molecule has 0 radical (unpaired) electrons. The van der Waals surface area contributed by atoms with Gasteiger partial charge in [-0.3, -0.25) is 4.79 Å². The number of halogens is 2. The molecule has 0 fully saturated rings. The fraction of sp³-hybridized carbons (Fsp3) is 0.222. The van der Waals surface area contributed by atoms with E-state index in [1.807, 2.05) is 6.92 Å². The molecule has 0 bridgehead atoms. The molecule has 0 aromatic heterocycles. The van der Waals surface area contributed by atoms with Crippen LogP contribution < -0.4 is 11.5 Å². The second kappa shape index (κ2) is 4.07. The topological polar surface area (TPSA) is 69.1 Å². The van der Waals surface area contributed by atoms with Crippen LogP contribution in [0.25, 0.3) is 0 Å². The number of nitrogens with two attached hydrogens (primary N) is 2. The molecule has 3 nitrogen and oxygen atoms in total. The Kier molecular flexibility index (Phi) is 3.24. The van der Waals surface area contributed by atoms with Gasteiger partial charge in [0.25, 0.3) is 5.91 Å². The van der Waals surface area contributed by atoms with E-state index in [4.69, 9.17) is 34.7 Å². The van der Waals surface area contributed by atoms with Crippen molar-refractivity contribution in [1.82, 2.24) is 0 Å². The van der Waals surface area contributed by atoms with Gasteiger partial charge in [0.15, 0.2) is 0 Å². The van der Waals surface area contributed by atoms with E-state index in [2.05, 4.69) is 0 Å². The van der Waals surface area contributed by atoms with E-state index in [1.165, 1.54) is 0 Å². The Labute approximate surface area is 92.0 Å². The maximum atomic E-state index is 11.1. The lowest BCUT2D eigenvalue weighted by Crippen LogP contribution is -2.15. The predicted molar refractivity (Wildman–Crippen MR) is 58.8 cm³/mol. The highest BCUT2D eigenvalue weighted by Crippen LogP contribution is 2.32. The Hall–Kier alpha value is -0.930. The third-order valence-electron chi connectivity index (χ3n) is 1.97. The van der Waals surface area contributed by atoms with Crippen LogP contribution in [-0.2, 0) is 6.42 Å². The van der Waals surface area contributed by atoms with Gasteiger partial charge >= 0.3 is 0 Å². The van der Waals surface area contributed by atoms with Crippen LogP contribution >= 0.6 is 23.2 Å². The first-order valence-electron chi connectivity index (χ1n) is 4.05. The van der Waals surface area contributed by atoms with Crippen LogP contribution in [0.15, 0.2) is 6.07 Å². The van der Waals surface area contributed by atoms with E-state index in [1.54, 1.807) is 6.07 Å². The largest absolute Gasteiger partial charge is 0.398 e. The number of carbonyl (C=O) groups excluding carboxylic acids is 1. The highest BCUT2D eigenvalue weighted by molar-refractivity contribution is 6.44. The molecule has 4 N–H and O–H groups in total. The zero-order chi connectivity index (χ0) is 10.9. The number of carbonyl (C=O) groups is 1. The number of primary amides is 1. The molecule has 1 rings (SSSR count). The summed E-state index contributed by atoms with van der Waals surface area (Å²) in [6, 6.07) is 1.64. The fourth-order valence-corrected chi connectivity index (χ4v) is 1.70. The second-order valence-electron chi connectivity index (χ2n) is 2.84. The third-order valence-corrected chi connectivity index (χ3v) is 2.76. The van der Waals surface area contributed by atoms with Gasteiger partial charge in [-0.2, -0.15) is 0 Å². The van der Waals surface area contributed by atoms with E-state index in [-0.39, 0.29) is 10.6 Å². The van der Waals surface area contributed by atoms with Crippen LogP contribution in [-0.4, -0.2) is 5.91 Å². The average Bonchev–Trinajstić information content (AvgIpc) is 2.11. The Morgan fingerprint density at radius 2 is 2.07 bits per heavy atom. The second-order valence-corrected chi connectivity index (χ2v) is 3.62. The van der Waals surface area contributed by atoms with Crippen molar-refractivity contribution in [3.63, 3.8) is 0 Å². The number of rotatable bonds is 2. The zero-order valence-electron chi connectivity index (χ0n) is 7.60. The fourth-order valence-electron chi connectivity index (χ4n) is 1.23. The molecular formula is C9H10Cl2N2O. The van der Waals surface area contributed by atoms with Crippen molar-refractivity contribution in [1.29, 1.82) is 0 Å². The molecule has 14 heavy (non-hydrogen) atoms. The molecule has 0 aliphatic rings. The van der Waals surface area contributed by atoms with Gasteiger partial charge in [0.05, 0.1) is 15.6 Å². The third kappa shape index (κ3) is 1.79. The molecule has 1 amide bonds. The normalized spacial score (nSPS) is 10.2. The monoisotopic (exact) mass is 232 g/mol. The summed E-state index contributed by atoms with van der Waals surface area (Å²) in [5.41, 5.74) is 12.1. The van der Waals surface area contributed by atoms with Crippen LogP contribution in [0.3, 0.4) is 0 Å². The summed E-state index contributed by atoms with van der Waals surface area (Å²) in [5, 5.41) is 0.417. The summed E-state index contributed by atoms with van der Waals surface area (Å²) in [7, 11) is 0. The molecule has 0 unspecified atom stereocenters. The van der Waals surface area contributed by atoms with Gasteiger partial charge in [-0.25, -0.2) is 0 Å². The van der Waals surface area contributed by atoms with Crippen molar-refractivity contribution >= 4 is 34.8 Å². The van der Waals surface area contributed by atoms with Crippen LogP contribution in [0.1, 0.15) is 22.8 Å². The smallest absolute Gasteiger partial charge is 0.252 e. The number of hydrogen-bond donors (Lipinski definition) is 2. The molecule has 0 heterocycles. The van der Waals surface area contributed by atoms with E-state index in [0.29, 0.717) is 17.1 Å². The molecule has 0 atom stereocenters. The van der Waals surface area contributed by atoms with Gasteiger partial charge in [0, 0.05) is 5.69 Å². The molecule has 5 heteroatoms. The van der Waals surface area contributed by atoms with Crippen LogP contribution in [0.2, 0.25) is 10.0 Å². The SMILES string of the molecule is CCc1cc(Cl)c(Cl)c(C(N)=O)c1N. The predicted octanol–water partition coefficient (Wildman–Crippen LogP) is 2.24. The van der Waals surface area contributed by atoms with Gasteiger partial charge in [-0.15, -0.1) is 0 Å². The van der Waals surface area contributed by atoms with Crippen molar-refractivity contribution in [2.45, 2.75) is 13.3 Å². The van der Waals surface area contributed by atoms with Gasteiger partial charge in [0.1, 0.15) is 0 Å². The summed E-state index contributed by atoms with van der Waals surface area (Å²) in [4.78, 5) is 11.1. The molecule has 1 aromatic carbocycles. The molecule has 0 saturated heterocycles. The minimum Gasteiger partial charge on any atom is -0.398 e. The van der Waals surface area contributed by atoms with Gasteiger partial charge in [-0.05, 0) is 18.1 Å². The summed E-state index contributed by atoms with van der Waals surface area (Å²) in [5.74, 6) is -0.662. The summed E-state index contributed by atoms with van der Waals surface area (Å²) >= 11 is 11.6. The van der Waals surface area contributed by atoms with Gasteiger partial charge in [0.2, 0.25) is 0 Å². The average molecular weight is 233 g/mol. The van der Waals surface area contributed by atoms with Crippen molar-refractivity contribution in [3.8, 4) is 0 Å². The first-order chi connectivity index (χ1) is 6.49. The first kappa shape index (κ1) is 11.1. The van der Waals surface area contributed by atoms with Crippen molar-refractivity contribution in [2.24, 2.45) is 5.73 Å². The minimum atomic E-state index is -0.662. The number of hydrogen-bond acceptors (Lipinski definition) is 2. The van der Waals surface area contributed by atoms with Gasteiger partial charge in [-0.1, -0.05) is 30.1 Å². The maximum Gasteiger partial charge on any atom is 0.252 e. The number of aryl methyl sites for hydroxylation is 1. The Bertz CT molecular complexity index is 391. The van der Waals surface area contributed by atoms with E-state index < -0.39 is 5.91 Å². The van der Waals surface area contributed by atoms with Crippen LogP contribution in [0.4, 0.5) is 5.69 Å². The lowest BCUT2D eigenvalue weighted by Gasteiger charge is -2.10. The maximum absolute atomic E-state index is 11.1. The Morgan fingerprint density at radius 3 is 2.50 bits per heavy atom. The quantitative estimate of drug-likeness (QED) is 0.769. The molecular weight excluding hydrogens is 223 g/mol. The lowest BCUT2D eigenvalue weighted by atomic mass is 10.0. The molecule has 0 spiro atoms. The molecule has 0 aliphatic heterocycles. The van der Waals surface area contributed by atoms with E-state index in [9.17, 15) is 4.79 Å². The molecule has 76 valence electrons. The highest BCUT2D eigenvalue weighted by Gasteiger charge is 2.16. The number of nitrogen functional groups attached to an aromatic ring is 1. The zero-order valence-corrected chi connectivity index (χ0v) is 9.12. The van der Waals surface area contributed by atoms with Crippen molar-refractivity contribution in [2.75, 3.05) is 5.73 Å². The summed E-state index contributed by atoms with van der Waals surface area (Å²) < 4.78 is 0. The van der Waals surface area contributed by atoms with Crippen molar-refractivity contribution in [3.05, 3.63) is 27.2 Å². The number of benzene rings is 1. The van der Waals surface area contributed by atoms with E-state index in [0.717, 1.165) is 5.56 Å². The first-order valence-corrected chi connectivity index (χ1v) is 4.80. The Morgan fingerprint density at radius 1 is 1.50 bits per heavy atom. The molecule has 0 saturated carbocycles. The highest BCUT2D eigenvalue weighted by atomic mass is 35.5. The van der Waals surface area contributed by atoms with Crippen LogP contribution in [0, 0.1) is 0 Å². The minimum absolute atomic E-state index is 0.107. The molecule has 0 aliphatic carbocycles. The summed E-state index contributed by atoms with van der Waals surface area (Å²) in [6.07, 6.45) is 0.670. The lowest BCUT2D eigenvalue weighted by molar-refractivity contribution is 0.100. The standard InChI is InChI=1S/C9H10Cl2N2O/c1-2-4-3-5(10)7(11)6(8(4)12)9(13)14/h3H,2,12H2,1H3,(H2,13,14). The van der Waals surface area contributed by atoms with E-state index >= 15 is 0 Å². The summed E-state index contributed by atoms with van der Waals surface area (Å²) in [6.45, 7) is 1.90. The number of amides is 1.